The SMILES string of the molecule is COc1cc(OCC(C)(C)C(=O)OCc2ccccc2)ccc1B1OC(C)(C)C(C)(C)O1. The van der Waals surface area contributed by atoms with Crippen molar-refractivity contribution < 1.29 is 28.3 Å². The highest BCUT2D eigenvalue weighted by Crippen LogP contribution is 2.37. The lowest BCUT2D eigenvalue weighted by Gasteiger charge is -2.32. The molecule has 0 saturated carbocycles. The average Bonchev–Trinajstić information content (AvgIpc) is 2.97. The molecule has 1 aliphatic rings. The van der Waals surface area contributed by atoms with E-state index in [-0.39, 0.29) is 19.2 Å². The summed E-state index contributed by atoms with van der Waals surface area (Å²) in [6.07, 6.45) is 0. The van der Waals surface area contributed by atoms with Gasteiger partial charge in [0.05, 0.1) is 23.7 Å². The fraction of sp³-hybridized carbons (Fsp3) is 0.480. The van der Waals surface area contributed by atoms with E-state index >= 15 is 0 Å². The van der Waals surface area contributed by atoms with E-state index in [0.717, 1.165) is 11.0 Å². The van der Waals surface area contributed by atoms with E-state index in [0.29, 0.717) is 11.5 Å². The summed E-state index contributed by atoms with van der Waals surface area (Å²) in [4.78, 5) is 12.6. The Morgan fingerprint density at radius 3 is 2.22 bits per heavy atom. The van der Waals surface area contributed by atoms with E-state index in [2.05, 4.69) is 0 Å². The van der Waals surface area contributed by atoms with Gasteiger partial charge in [-0.25, -0.2) is 0 Å². The van der Waals surface area contributed by atoms with Crippen LogP contribution in [0.15, 0.2) is 48.5 Å². The monoisotopic (exact) mass is 440 g/mol. The van der Waals surface area contributed by atoms with Crippen LogP contribution in [-0.2, 0) is 25.4 Å². The van der Waals surface area contributed by atoms with Gasteiger partial charge in [0.15, 0.2) is 0 Å². The Morgan fingerprint density at radius 1 is 1.00 bits per heavy atom. The summed E-state index contributed by atoms with van der Waals surface area (Å²) in [7, 11) is 1.06. The van der Waals surface area contributed by atoms with Gasteiger partial charge in [0, 0.05) is 11.5 Å². The van der Waals surface area contributed by atoms with Gasteiger partial charge in [-0.3, -0.25) is 4.79 Å². The van der Waals surface area contributed by atoms with E-state index < -0.39 is 23.7 Å². The van der Waals surface area contributed by atoms with E-state index in [9.17, 15) is 4.79 Å². The van der Waals surface area contributed by atoms with Gasteiger partial charge < -0.3 is 23.5 Å². The number of hydrogen-bond donors (Lipinski definition) is 0. The molecule has 7 heteroatoms. The summed E-state index contributed by atoms with van der Waals surface area (Å²) in [5.74, 6) is 0.874. The normalized spacial score (nSPS) is 17.2. The van der Waals surface area contributed by atoms with Crippen LogP contribution in [0.2, 0.25) is 0 Å². The van der Waals surface area contributed by atoms with Crippen LogP contribution in [0, 0.1) is 5.41 Å². The molecular weight excluding hydrogens is 407 g/mol. The standard InChI is InChI=1S/C25H33BO6/c1-23(2,22(27)29-16-18-11-9-8-10-12-18)17-30-19-13-14-20(21(15-19)28-7)26-31-24(3,4)25(5,6)32-26/h8-15H,16-17H2,1-7H3. The smallest absolute Gasteiger partial charge is 0.497 e. The lowest BCUT2D eigenvalue weighted by atomic mass is 9.78. The molecule has 1 aliphatic heterocycles. The second kappa shape index (κ2) is 9.16. The zero-order chi connectivity index (χ0) is 23.6. The first-order chi connectivity index (χ1) is 14.9. The van der Waals surface area contributed by atoms with Crippen molar-refractivity contribution >= 4 is 18.6 Å². The van der Waals surface area contributed by atoms with E-state index in [4.69, 9.17) is 23.5 Å². The molecule has 2 aromatic carbocycles. The molecule has 0 spiro atoms. The van der Waals surface area contributed by atoms with Gasteiger partial charge in [-0.05, 0) is 53.2 Å². The molecule has 1 saturated heterocycles. The minimum absolute atomic E-state index is 0.166. The molecule has 32 heavy (non-hydrogen) atoms. The second-order valence-electron chi connectivity index (χ2n) is 9.73. The highest BCUT2D eigenvalue weighted by Gasteiger charge is 2.52. The Balaban J connectivity index is 1.63. The predicted molar refractivity (Wildman–Crippen MR) is 124 cm³/mol. The van der Waals surface area contributed by atoms with Crippen LogP contribution < -0.4 is 14.9 Å². The van der Waals surface area contributed by atoms with Crippen LogP contribution in [0.5, 0.6) is 11.5 Å². The van der Waals surface area contributed by atoms with Gasteiger partial charge in [-0.15, -0.1) is 0 Å². The largest absolute Gasteiger partial charge is 0.498 e. The summed E-state index contributed by atoms with van der Waals surface area (Å²) in [5.41, 5.74) is 0.0387. The number of esters is 1. The van der Waals surface area contributed by atoms with Gasteiger partial charge >= 0.3 is 13.1 Å². The number of hydrogen-bond acceptors (Lipinski definition) is 6. The number of methoxy groups -OCH3 is 1. The third-order valence-electron chi connectivity index (χ3n) is 6.08. The fourth-order valence-corrected chi connectivity index (χ4v) is 3.19. The van der Waals surface area contributed by atoms with Crippen LogP contribution in [0.4, 0.5) is 0 Å². The lowest BCUT2D eigenvalue weighted by molar-refractivity contribution is -0.157. The molecule has 0 atom stereocenters. The quantitative estimate of drug-likeness (QED) is 0.454. The highest BCUT2D eigenvalue weighted by molar-refractivity contribution is 6.63. The molecule has 1 fully saturated rings. The Bertz CT molecular complexity index is 923. The van der Waals surface area contributed by atoms with Crippen molar-refractivity contribution in [3.63, 3.8) is 0 Å². The van der Waals surface area contributed by atoms with E-state index in [1.54, 1.807) is 27.0 Å². The molecule has 1 heterocycles. The molecule has 0 unspecified atom stereocenters. The van der Waals surface area contributed by atoms with Crippen LogP contribution >= 0.6 is 0 Å². The number of benzene rings is 2. The van der Waals surface area contributed by atoms with Gasteiger partial charge in [0.1, 0.15) is 24.7 Å². The number of ether oxygens (including phenoxy) is 3. The Hall–Kier alpha value is -2.51. The Kier molecular flexibility index (Phi) is 6.91. The van der Waals surface area contributed by atoms with E-state index in [1.807, 2.05) is 70.2 Å². The molecular formula is C25H33BO6. The maximum absolute atomic E-state index is 12.6. The number of carbonyl (C=O) groups is 1. The average molecular weight is 440 g/mol. The van der Waals surface area contributed by atoms with Crippen molar-refractivity contribution in [2.75, 3.05) is 13.7 Å². The summed E-state index contributed by atoms with van der Waals surface area (Å²) >= 11 is 0. The predicted octanol–water partition coefficient (Wildman–Crippen LogP) is 4.14. The fourth-order valence-electron chi connectivity index (χ4n) is 3.19. The van der Waals surface area contributed by atoms with E-state index in [1.165, 1.54) is 0 Å². The molecule has 3 rings (SSSR count). The van der Waals surface area contributed by atoms with Gasteiger partial charge in [-0.1, -0.05) is 36.4 Å². The maximum atomic E-state index is 12.6. The summed E-state index contributed by atoms with van der Waals surface area (Å²) < 4.78 is 29.2. The van der Waals surface area contributed by atoms with Gasteiger partial charge in [0.2, 0.25) is 0 Å². The number of carbonyl (C=O) groups excluding carboxylic acids is 1. The van der Waals surface area contributed by atoms with Crippen molar-refractivity contribution in [1.82, 2.24) is 0 Å². The van der Waals surface area contributed by atoms with Crippen LogP contribution in [0.1, 0.15) is 47.1 Å². The van der Waals surface area contributed by atoms with Crippen molar-refractivity contribution in [2.24, 2.45) is 5.41 Å². The summed E-state index contributed by atoms with van der Waals surface area (Å²) in [5, 5.41) is 0. The van der Waals surface area contributed by atoms with Crippen molar-refractivity contribution in [1.29, 1.82) is 0 Å². The summed E-state index contributed by atoms with van der Waals surface area (Å²) in [6.45, 7) is 12.0. The number of rotatable bonds is 8. The van der Waals surface area contributed by atoms with Crippen molar-refractivity contribution in [2.45, 2.75) is 59.4 Å². The Morgan fingerprint density at radius 2 is 1.62 bits per heavy atom. The molecule has 0 amide bonds. The van der Waals surface area contributed by atoms with Crippen LogP contribution in [0.25, 0.3) is 0 Å². The zero-order valence-corrected chi connectivity index (χ0v) is 20.1. The third-order valence-corrected chi connectivity index (χ3v) is 6.08. The van der Waals surface area contributed by atoms with Gasteiger partial charge in [-0.2, -0.15) is 0 Å². The first-order valence-corrected chi connectivity index (χ1v) is 10.8. The Labute approximate surface area is 191 Å². The molecule has 0 aliphatic carbocycles. The van der Waals surface area contributed by atoms with Crippen LogP contribution in [-0.4, -0.2) is 38.0 Å². The molecule has 0 N–H and O–H groups in total. The molecule has 2 aromatic rings. The lowest BCUT2D eigenvalue weighted by Crippen LogP contribution is -2.41. The highest BCUT2D eigenvalue weighted by atomic mass is 16.7. The van der Waals surface area contributed by atoms with Crippen molar-refractivity contribution in [3.8, 4) is 11.5 Å². The summed E-state index contributed by atoms with van der Waals surface area (Å²) in [6, 6.07) is 15.1. The molecule has 0 aromatic heterocycles. The second-order valence-corrected chi connectivity index (χ2v) is 9.73. The molecule has 172 valence electrons. The minimum atomic E-state index is -0.813. The van der Waals surface area contributed by atoms with Gasteiger partial charge in [0.25, 0.3) is 0 Å². The maximum Gasteiger partial charge on any atom is 0.498 e. The van der Waals surface area contributed by atoms with Crippen LogP contribution in [0.3, 0.4) is 0 Å². The first kappa shape index (κ1) is 24.1. The zero-order valence-electron chi connectivity index (χ0n) is 20.1. The molecule has 6 nitrogen and oxygen atoms in total. The molecule has 0 bridgehead atoms. The third kappa shape index (κ3) is 5.27. The first-order valence-electron chi connectivity index (χ1n) is 10.8. The topological polar surface area (TPSA) is 63.2 Å². The van der Waals surface area contributed by atoms with Crippen molar-refractivity contribution in [3.05, 3.63) is 54.1 Å². The molecule has 0 radical (unpaired) electrons. The minimum Gasteiger partial charge on any atom is -0.497 e.